The Morgan fingerprint density at radius 3 is 2.69 bits per heavy atom. The van der Waals surface area contributed by atoms with E-state index in [1.807, 2.05) is 0 Å². The van der Waals surface area contributed by atoms with Crippen LogP contribution in [0.2, 0.25) is 0 Å². The predicted molar refractivity (Wildman–Crippen MR) is 44.1 cm³/mol. The Balaban J connectivity index is 2.10. The molecule has 0 spiro atoms. The van der Waals surface area contributed by atoms with Crippen LogP contribution in [0.15, 0.2) is 4.63 Å². The summed E-state index contributed by atoms with van der Waals surface area (Å²) in [6.45, 7) is 5.45. The molecule has 1 amide bonds. The number of hydrogen-bond acceptors (Lipinski definition) is 4. The van der Waals surface area contributed by atoms with Crippen LogP contribution in [0.1, 0.15) is 23.1 Å². The van der Waals surface area contributed by atoms with Gasteiger partial charge in [-0.2, -0.15) is 0 Å². The number of amides is 1. The maximum Gasteiger partial charge on any atom is 0.278 e. The lowest BCUT2D eigenvalue weighted by Gasteiger charge is -2.36. The van der Waals surface area contributed by atoms with Crippen LogP contribution in [0.25, 0.3) is 0 Å². The van der Waals surface area contributed by atoms with Crippen molar-refractivity contribution in [3.8, 4) is 0 Å². The Morgan fingerprint density at radius 2 is 2.23 bits per heavy atom. The molecule has 0 saturated carbocycles. The van der Waals surface area contributed by atoms with Crippen LogP contribution in [0.3, 0.4) is 0 Å². The Morgan fingerprint density at radius 1 is 1.54 bits per heavy atom. The van der Waals surface area contributed by atoms with Crippen LogP contribution in [-0.4, -0.2) is 34.2 Å². The molecule has 0 bridgehead atoms. The van der Waals surface area contributed by atoms with Crippen molar-refractivity contribution in [1.82, 2.24) is 15.2 Å². The van der Waals surface area contributed by atoms with E-state index in [-0.39, 0.29) is 5.91 Å². The van der Waals surface area contributed by atoms with Crippen molar-refractivity contribution >= 4 is 5.91 Å². The molecule has 2 rings (SSSR count). The predicted octanol–water partition coefficient (Wildman–Crippen LogP) is 0.470. The van der Waals surface area contributed by atoms with Crippen LogP contribution in [0.5, 0.6) is 0 Å². The average Bonchev–Trinajstić information content (AvgIpc) is 2.44. The van der Waals surface area contributed by atoms with Crippen molar-refractivity contribution in [2.45, 2.75) is 13.8 Å². The van der Waals surface area contributed by atoms with Gasteiger partial charge in [-0.1, -0.05) is 12.1 Å². The zero-order valence-electron chi connectivity index (χ0n) is 7.65. The van der Waals surface area contributed by atoms with Gasteiger partial charge in [0.25, 0.3) is 5.91 Å². The highest BCUT2D eigenvalue weighted by atomic mass is 16.6. The lowest BCUT2D eigenvalue weighted by Crippen LogP contribution is -2.48. The minimum absolute atomic E-state index is 0.0724. The van der Waals surface area contributed by atoms with E-state index < -0.39 is 0 Å². The first-order valence-electron chi connectivity index (χ1n) is 4.27. The van der Waals surface area contributed by atoms with Crippen molar-refractivity contribution in [2.24, 2.45) is 5.92 Å². The van der Waals surface area contributed by atoms with Crippen LogP contribution in [0, 0.1) is 12.8 Å². The second kappa shape index (κ2) is 2.83. The summed E-state index contributed by atoms with van der Waals surface area (Å²) in [5.74, 6) is 0.529. The first kappa shape index (κ1) is 8.22. The van der Waals surface area contributed by atoms with E-state index in [0.29, 0.717) is 17.3 Å². The van der Waals surface area contributed by atoms with E-state index in [9.17, 15) is 4.79 Å². The van der Waals surface area contributed by atoms with E-state index in [2.05, 4.69) is 21.9 Å². The Kier molecular flexibility index (Phi) is 1.79. The van der Waals surface area contributed by atoms with Crippen molar-refractivity contribution in [3.63, 3.8) is 0 Å². The molecular weight excluding hydrogens is 170 g/mol. The quantitative estimate of drug-likeness (QED) is 0.631. The van der Waals surface area contributed by atoms with Gasteiger partial charge < -0.3 is 4.90 Å². The highest BCUT2D eigenvalue weighted by molar-refractivity contribution is 5.93. The van der Waals surface area contributed by atoms with E-state index in [1.165, 1.54) is 0 Å². The minimum atomic E-state index is -0.0724. The molecule has 5 heteroatoms. The summed E-state index contributed by atoms with van der Waals surface area (Å²) in [5.41, 5.74) is 0.899. The molecule has 1 aliphatic heterocycles. The molecule has 1 aromatic rings. The maximum absolute atomic E-state index is 11.6. The summed E-state index contributed by atoms with van der Waals surface area (Å²) < 4.78 is 4.46. The number of aryl methyl sites for hydroxylation is 1. The number of carbonyl (C=O) groups excluding carboxylic acids is 1. The smallest absolute Gasteiger partial charge is 0.278 e. The van der Waals surface area contributed by atoms with E-state index in [1.54, 1.807) is 11.8 Å². The van der Waals surface area contributed by atoms with E-state index in [0.717, 1.165) is 13.1 Å². The molecule has 0 N–H and O–H groups in total. The van der Waals surface area contributed by atoms with Crippen molar-refractivity contribution in [3.05, 3.63) is 11.4 Å². The molecule has 1 aromatic heterocycles. The summed E-state index contributed by atoms with van der Waals surface area (Å²) >= 11 is 0. The Labute approximate surface area is 75.7 Å². The first-order chi connectivity index (χ1) is 6.18. The third kappa shape index (κ3) is 1.30. The van der Waals surface area contributed by atoms with Gasteiger partial charge in [-0.05, 0) is 18.0 Å². The molecule has 70 valence electrons. The van der Waals surface area contributed by atoms with Crippen molar-refractivity contribution in [2.75, 3.05) is 13.1 Å². The SMILES string of the molecule is Cc1nonc1C(=O)N1CC(C)C1. The van der Waals surface area contributed by atoms with Crippen LogP contribution in [-0.2, 0) is 0 Å². The standard InChI is InChI=1S/C8H11N3O2/c1-5-3-11(4-5)8(12)7-6(2)9-13-10-7/h5H,3-4H2,1-2H3. The molecule has 0 aromatic carbocycles. The van der Waals surface area contributed by atoms with Crippen LogP contribution >= 0.6 is 0 Å². The topological polar surface area (TPSA) is 59.2 Å². The van der Waals surface area contributed by atoms with Gasteiger partial charge in [-0.25, -0.2) is 4.63 Å². The molecule has 1 saturated heterocycles. The lowest BCUT2D eigenvalue weighted by molar-refractivity contribution is 0.0518. The molecule has 13 heavy (non-hydrogen) atoms. The third-order valence-corrected chi connectivity index (χ3v) is 2.21. The molecule has 2 heterocycles. The normalized spacial score (nSPS) is 17.2. The first-order valence-corrected chi connectivity index (χ1v) is 4.27. The molecule has 0 radical (unpaired) electrons. The van der Waals surface area contributed by atoms with Crippen molar-refractivity contribution < 1.29 is 9.42 Å². The second-order valence-electron chi connectivity index (χ2n) is 3.51. The molecular formula is C8H11N3O2. The van der Waals surface area contributed by atoms with Crippen molar-refractivity contribution in [1.29, 1.82) is 0 Å². The van der Waals surface area contributed by atoms with Gasteiger partial charge >= 0.3 is 0 Å². The Bertz CT molecular complexity index is 328. The fourth-order valence-electron chi connectivity index (χ4n) is 1.44. The van der Waals surface area contributed by atoms with Gasteiger partial charge in [0.15, 0.2) is 5.69 Å². The largest absolute Gasteiger partial charge is 0.336 e. The highest BCUT2D eigenvalue weighted by Crippen LogP contribution is 2.17. The van der Waals surface area contributed by atoms with Gasteiger partial charge in [0, 0.05) is 13.1 Å². The number of carbonyl (C=O) groups is 1. The number of rotatable bonds is 1. The summed E-state index contributed by atoms with van der Waals surface area (Å²) in [6, 6.07) is 0. The number of likely N-dealkylation sites (tertiary alicyclic amines) is 1. The zero-order valence-corrected chi connectivity index (χ0v) is 7.65. The van der Waals surface area contributed by atoms with E-state index in [4.69, 9.17) is 0 Å². The molecule has 0 unspecified atom stereocenters. The monoisotopic (exact) mass is 181 g/mol. The third-order valence-electron chi connectivity index (χ3n) is 2.21. The van der Waals surface area contributed by atoms with Gasteiger partial charge in [-0.15, -0.1) is 0 Å². The van der Waals surface area contributed by atoms with E-state index >= 15 is 0 Å². The summed E-state index contributed by atoms with van der Waals surface area (Å²) in [7, 11) is 0. The Hall–Kier alpha value is -1.39. The number of aromatic nitrogens is 2. The molecule has 0 aliphatic carbocycles. The van der Waals surface area contributed by atoms with Gasteiger partial charge in [-0.3, -0.25) is 4.79 Å². The van der Waals surface area contributed by atoms with Gasteiger partial charge in [0.05, 0.1) is 0 Å². The number of nitrogens with zero attached hydrogens (tertiary/aromatic N) is 3. The fourth-order valence-corrected chi connectivity index (χ4v) is 1.44. The molecule has 0 atom stereocenters. The second-order valence-corrected chi connectivity index (χ2v) is 3.51. The zero-order chi connectivity index (χ0) is 9.42. The molecule has 1 fully saturated rings. The molecule has 5 nitrogen and oxygen atoms in total. The van der Waals surface area contributed by atoms with Gasteiger partial charge in [0.1, 0.15) is 5.69 Å². The molecule has 1 aliphatic rings. The van der Waals surface area contributed by atoms with Gasteiger partial charge in [0.2, 0.25) is 0 Å². The average molecular weight is 181 g/mol. The lowest BCUT2D eigenvalue weighted by atomic mass is 10.0. The summed E-state index contributed by atoms with van der Waals surface area (Å²) in [5, 5.41) is 7.13. The van der Waals surface area contributed by atoms with Crippen LogP contribution < -0.4 is 0 Å². The summed E-state index contributed by atoms with van der Waals surface area (Å²) in [6.07, 6.45) is 0. The number of hydrogen-bond donors (Lipinski definition) is 0. The summed E-state index contributed by atoms with van der Waals surface area (Å²) in [4.78, 5) is 13.4. The fraction of sp³-hybridized carbons (Fsp3) is 0.625. The minimum Gasteiger partial charge on any atom is -0.336 e. The maximum atomic E-state index is 11.6. The highest BCUT2D eigenvalue weighted by Gasteiger charge is 2.30. The van der Waals surface area contributed by atoms with Crippen LogP contribution in [0.4, 0.5) is 0 Å².